The highest BCUT2D eigenvalue weighted by Crippen LogP contribution is 2.31. The Balaban J connectivity index is 2.02. The van der Waals surface area contributed by atoms with Gasteiger partial charge in [-0.05, 0) is 37.0 Å². The summed E-state index contributed by atoms with van der Waals surface area (Å²) in [7, 11) is 0. The van der Waals surface area contributed by atoms with Crippen molar-refractivity contribution in [3.8, 4) is 0 Å². The summed E-state index contributed by atoms with van der Waals surface area (Å²) in [6.07, 6.45) is 1.61. The first-order valence-corrected chi connectivity index (χ1v) is 10.2. The van der Waals surface area contributed by atoms with Crippen molar-refractivity contribution in [1.82, 2.24) is 5.43 Å². The zero-order valence-electron chi connectivity index (χ0n) is 17.7. The Morgan fingerprint density at radius 3 is 1.97 bits per heavy atom. The number of hydrazone groups is 1. The van der Waals surface area contributed by atoms with Gasteiger partial charge < -0.3 is 5.11 Å². The van der Waals surface area contributed by atoms with E-state index in [1.54, 1.807) is 12.1 Å². The molecule has 0 aliphatic carbocycles. The number of carbonyl (C=O) groups excluding carboxylic acids is 1. The summed E-state index contributed by atoms with van der Waals surface area (Å²) in [5, 5.41) is 16.1. The molecule has 0 unspecified atom stereocenters. The van der Waals surface area contributed by atoms with Crippen LogP contribution in [-0.2, 0) is 10.4 Å². The average Bonchev–Trinajstić information content (AvgIpc) is 2.76. The molecule has 3 aromatic rings. The molecule has 0 atom stereocenters. The minimum atomic E-state index is -1.85. The Hall–Kier alpha value is -3.24. The Morgan fingerprint density at radius 2 is 1.47 bits per heavy atom. The van der Waals surface area contributed by atoms with Crippen LogP contribution in [0.2, 0.25) is 0 Å². The number of rotatable bonds is 7. The van der Waals surface area contributed by atoms with Gasteiger partial charge in [0.1, 0.15) is 0 Å². The van der Waals surface area contributed by atoms with Crippen LogP contribution in [0.5, 0.6) is 0 Å². The van der Waals surface area contributed by atoms with E-state index in [0.29, 0.717) is 11.1 Å². The molecular weight excluding hydrogens is 372 g/mol. The molecule has 0 aliphatic rings. The van der Waals surface area contributed by atoms with Gasteiger partial charge in [0, 0.05) is 0 Å². The summed E-state index contributed by atoms with van der Waals surface area (Å²) >= 11 is 0. The van der Waals surface area contributed by atoms with Crippen molar-refractivity contribution in [2.75, 3.05) is 0 Å². The minimum Gasteiger partial charge on any atom is -0.372 e. The lowest BCUT2D eigenvalue weighted by atomic mass is 9.84. The van der Waals surface area contributed by atoms with Crippen LogP contribution in [-0.4, -0.2) is 16.7 Å². The molecule has 0 saturated heterocycles. The Labute approximate surface area is 178 Å². The van der Waals surface area contributed by atoms with E-state index in [2.05, 4.69) is 17.5 Å². The molecule has 0 radical (unpaired) electrons. The molecule has 3 aromatic carbocycles. The lowest BCUT2D eigenvalue weighted by Crippen LogP contribution is -2.44. The van der Waals surface area contributed by atoms with Gasteiger partial charge in [0.15, 0.2) is 5.60 Å². The first-order valence-electron chi connectivity index (χ1n) is 10.2. The van der Waals surface area contributed by atoms with Crippen LogP contribution in [0.15, 0.2) is 84.0 Å². The lowest BCUT2D eigenvalue weighted by molar-refractivity contribution is -0.136. The normalized spacial score (nSPS) is 11.9. The van der Waals surface area contributed by atoms with Gasteiger partial charge in [-0.15, -0.1) is 0 Å². The molecule has 4 heteroatoms. The molecule has 0 aliphatic heterocycles. The topological polar surface area (TPSA) is 61.7 Å². The molecule has 4 nitrogen and oxygen atoms in total. The number of hydrogen-bond acceptors (Lipinski definition) is 3. The van der Waals surface area contributed by atoms with Gasteiger partial charge in [0.2, 0.25) is 0 Å². The maximum Gasteiger partial charge on any atom is 0.281 e. The fourth-order valence-electron chi connectivity index (χ4n) is 3.50. The summed E-state index contributed by atoms with van der Waals surface area (Å²) in [5.74, 6) is -0.580. The second-order valence-electron chi connectivity index (χ2n) is 7.56. The van der Waals surface area contributed by atoms with Gasteiger partial charge in [0.05, 0.1) is 5.71 Å². The lowest BCUT2D eigenvalue weighted by Gasteiger charge is -2.28. The van der Waals surface area contributed by atoms with Crippen LogP contribution in [0.1, 0.15) is 47.6 Å². The van der Waals surface area contributed by atoms with Crippen molar-refractivity contribution in [2.24, 2.45) is 5.10 Å². The van der Waals surface area contributed by atoms with Crippen molar-refractivity contribution in [2.45, 2.75) is 39.2 Å². The van der Waals surface area contributed by atoms with E-state index >= 15 is 0 Å². The second-order valence-corrected chi connectivity index (χ2v) is 7.56. The Bertz CT molecular complexity index is 996. The molecule has 0 aromatic heterocycles. The summed E-state index contributed by atoms with van der Waals surface area (Å²) in [4.78, 5) is 13.4. The summed E-state index contributed by atoms with van der Waals surface area (Å²) in [6.45, 7) is 5.94. The van der Waals surface area contributed by atoms with E-state index in [1.807, 2.05) is 80.6 Å². The maximum atomic E-state index is 13.4. The number of aliphatic hydroxyl groups is 1. The second kappa shape index (κ2) is 9.51. The summed E-state index contributed by atoms with van der Waals surface area (Å²) in [6, 6.07) is 24.5. The average molecular weight is 401 g/mol. The smallest absolute Gasteiger partial charge is 0.281 e. The fourth-order valence-corrected chi connectivity index (χ4v) is 3.50. The highest BCUT2D eigenvalue weighted by molar-refractivity contribution is 6.01. The third kappa shape index (κ3) is 4.66. The predicted molar refractivity (Wildman–Crippen MR) is 121 cm³/mol. The number of benzene rings is 3. The van der Waals surface area contributed by atoms with Crippen LogP contribution < -0.4 is 5.43 Å². The predicted octanol–water partition coefficient (Wildman–Crippen LogP) is 4.86. The highest BCUT2D eigenvalue weighted by atomic mass is 16.3. The van der Waals surface area contributed by atoms with Gasteiger partial charge in [-0.25, -0.2) is 5.43 Å². The highest BCUT2D eigenvalue weighted by Gasteiger charge is 2.40. The molecule has 0 fully saturated rings. The van der Waals surface area contributed by atoms with Crippen LogP contribution in [0.25, 0.3) is 0 Å². The van der Waals surface area contributed by atoms with Gasteiger partial charge in [-0.3, -0.25) is 4.79 Å². The number of nitrogens with zero attached hydrogens (tertiary/aromatic N) is 1. The van der Waals surface area contributed by atoms with Crippen molar-refractivity contribution < 1.29 is 9.90 Å². The molecule has 0 bridgehead atoms. The summed E-state index contributed by atoms with van der Waals surface area (Å²) in [5.41, 5.74) is 5.47. The van der Waals surface area contributed by atoms with Gasteiger partial charge >= 0.3 is 0 Å². The Kier molecular flexibility index (Phi) is 6.80. The zero-order valence-corrected chi connectivity index (χ0v) is 17.7. The molecular formula is C26H28N2O2. The minimum absolute atomic E-state index is 0.512. The monoisotopic (exact) mass is 400 g/mol. The Morgan fingerprint density at radius 1 is 0.900 bits per heavy atom. The molecule has 2 N–H and O–H groups in total. The van der Waals surface area contributed by atoms with E-state index in [4.69, 9.17) is 0 Å². The first-order chi connectivity index (χ1) is 14.4. The number of hydrogen-bond donors (Lipinski definition) is 2. The number of carbonyl (C=O) groups is 1. The first kappa shape index (κ1) is 21.5. The van der Waals surface area contributed by atoms with Crippen molar-refractivity contribution >= 4 is 11.6 Å². The molecule has 0 heterocycles. The third-order valence-corrected chi connectivity index (χ3v) is 5.09. The molecule has 3 rings (SSSR count). The number of nitrogens with one attached hydrogen (secondary N) is 1. The maximum absolute atomic E-state index is 13.4. The van der Waals surface area contributed by atoms with Crippen LogP contribution >= 0.6 is 0 Å². The van der Waals surface area contributed by atoms with E-state index in [9.17, 15) is 9.90 Å². The van der Waals surface area contributed by atoms with Crippen LogP contribution in [0.3, 0.4) is 0 Å². The van der Waals surface area contributed by atoms with Gasteiger partial charge in [-0.2, -0.15) is 5.10 Å². The van der Waals surface area contributed by atoms with E-state index in [0.717, 1.165) is 35.2 Å². The number of aryl methyl sites for hydroxylation is 2. The van der Waals surface area contributed by atoms with Gasteiger partial charge in [0.25, 0.3) is 5.91 Å². The van der Waals surface area contributed by atoms with Crippen molar-refractivity contribution in [3.63, 3.8) is 0 Å². The standard InChI is InChI=1S/C26H28N2O2/c1-4-10-24(21-13-6-5-7-14-21)27-28-25(29)26(30,22-15-8-11-19(2)17-22)23-16-9-12-20(3)18-23/h5-9,11-18,30H,4,10H2,1-3H3,(H,28,29)/b27-24+. The van der Waals surface area contributed by atoms with E-state index in [1.165, 1.54) is 0 Å². The number of amides is 1. The SMILES string of the molecule is CCC/C(=N\NC(=O)C(O)(c1cccc(C)c1)c1cccc(C)c1)c1ccccc1. The zero-order chi connectivity index (χ0) is 21.6. The van der Waals surface area contributed by atoms with Crippen molar-refractivity contribution in [3.05, 3.63) is 107 Å². The summed E-state index contributed by atoms with van der Waals surface area (Å²) < 4.78 is 0. The fraction of sp³-hybridized carbons (Fsp3) is 0.231. The van der Waals surface area contributed by atoms with E-state index in [-0.39, 0.29) is 0 Å². The molecule has 1 amide bonds. The third-order valence-electron chi connectivity index (χ3n) is 5.09. The van der Waals surface area contributed by atoms with Crippen LogP contribution in [0, 0.1) is 13.8 Å². The molecule has 0 spiro atoms. The van der Waals surface area contributed by atoms with Crippen molar-refractivity contribution in [1.29, 1.82) is 0 Å². The van der Waals surface area contributed by atoms with Gasteiger partial charge in [-0.1, -0.05) is 103 Å². The molecule has 30 heavy (non-hydrogen) atoms. The molecule has 154 valence electrons. The largest absolute Gasteiger partial charge is 0.372 e. The van der Waals surface area contributed by atoms with Crippen LogP contribution in [0.4, 0.5) is 0 Å². The van der Waals surface area contributed by atoms with E-state index < -0.39 is 11.5 Å². The quantitative estimate of drug-likeness (QED) is 0.439. The molecule has 0 saturated carbocycles.